The minimum atomic E-state index is -5.03. The summed E-state index contributed by atoms with van der Waals surface area (Å²) >= 11 is 0. The molecule has 0 unspecified atom stereocenters. The van der Waals surface area contributed by atoms with Crippen LogP contribution in [0.5, 0.6) is 17.2 Å². The molecule has 3 N–H and O–H groups in total. The predicted molar refractivity (Wildman–Crippen MR) is 63.0 cm³/mol. The highest BCUT2D eigenvalue weighted by molar-refractivity contribution is 7.81. The van der Waals surface area contributed by atoms with Crippen LogP contribution in [0.3, 0.4) is 0 Å². The Bertz CT molecular complexity index is 706. The summed E-state index contributed by atoms with van der Waals surface area (Å²) in [5, 5.41) is 0. The van der Waals surface area contributed by atoms with Gasteiger partial charge in [0, 0.05) is 18.2 Å². The van der Waals surface area contributed by atoms with E-state index in [4.69, 9.17) is 13.7 Å². The second-order valence-electron chi connectivity index (χ2n) is 3.17. The molecule has 0 bridgehead atoms. The van der Waals surface area contributed by atoms with Gasteiger partial charge in [0.1, 0.15) is 0 Å². The van der Waals surface area contributed by atoms with Crippen LogP contribution in [0.4, 0.5) is 0 Å². The molecule has 1 aromatic carbocycles. The molecule has 0 aliphatic heterocycles. The molecule has 1 rings (SSSR count). The van der Waals surface area contributed by atoms with Gasteiger partial charge in [-0.3, -0.25) is 13.7 Å². The molecule has 120 valence electrons. The molecule has 0 saturated heterocycles. The highest BCUT2D eigenvalue weighted by Crippen LogP contribution is 2.30. The maximum atomic E-state index is 10.5. The van der Waals surface area contributed by atoms with E-state index >= 15 is 0 Å². The third-order valence-electron chi connectivity index (χ3n) is 1.46. The van der Waals surface area contributed by atoms with Crippen molar-refractivity contribution < 1.29 is 51.5 Å². The molecule has 0 saturated carbocycles. The largest absolute Gasteiger partial charge is 0.446 e. The molecule has 0 spiro atoms. The maximum Gasteiger partial charge on any atom is 0.446 e. The van der Waals surface area contributed by atoms with Gasteiger partial charge in [0.05, 0.1) is 0 Å². The minimum Gasteiger partial charge on any atom is -0.362 e. The van der Waals surface area contributed by atoms with Crippen molar-refractivity contribution in [1.29, 1.82) is 0 Å². The lowest BCUT2D eigenvalue weighted by Crippen LogP contribution is -2.10. The van der Waals surface area contributed by atoms with Crippen molar-refractivity contribution in [3.05, 3.63) is 18.2 Å². The molecule has 0 aromatic heterocycles. The summed E-state index contributed by atoms with van der Waals surface area (Å²) in [5.41, 5.74) is 0. The van der Waals surface area contributed by atoms with Crippen LogP contribution in [0.1, 0.15) is 0 Å². The van der Waals surface area contributed by atoms with Gasteiger partial charge in [0.15, 0.2) is 17.2 Å². The second kappa shape index (κ2) is 5.62. The molecule has 0 atom stereocenters. The van der Waals surface area contributed by atoms with Crippen LogP contribution in [0.2, 0.25) is 0 Å². The van der Waals surface area contributed by atoms with Crippen LogP contribution in [0, 0.1) is 0 Å². The Morgan fingerprint density at radius 1 is 0.571 bits per heavy atom. The summed E-state index contributed by atoms with van der Waals surface area (Å²) in [4.78, 5) is 0. The molecule has 0 aliphatic carbocycles. The summed E-state index contributed by atoms with van der Waals surface area (Å²) in [6.45, 7) is 0. The molecular formula is C6H6O12S3. The maximum absolute atomic E-state index is 10.5. The SMILES string of the molecule is O=S(=O)(O)Oc1cc(OS(=O)(=O)O)cc(OS(=O)(=O)O)c1. The van der Waals surface area contributed by atoms with Crippen molar-refractivity contribution in [3.63, 3.8) is 0 Å². The molecule has 0 radical (unpaired) electrons. The Kier molecular flexibility index (Phi) is 4.66. The third-order valence-corrected chi connectivity index (χ3v) is 2.67. The Balaban J connectivity index is 3.31. The van der Waals surface area contributed by atoms with Gasteiger partial charge in [0.25, 0.3) is 0 Å². The summed E-state index contributed by atoms with van der Waals surface area (Å²) in [6.07, 6.45) is 0. The molecule has 0 amide bonds. The first-order valence-corrected chi connectivity index (χ1v) is 8.49. The first kappa shape index (κ1) is 17.4. The fourth-order valence-corrected chi connectivity index (χ4v) is 2.07. The minimum absolute atomic E-state index is 0.554. The van der Waals surface area contributed by atoms with Crippen LogP contribution < -0.4 is 12.5 Å². The monoisotopic (exact) mass is 366 g/mol. The summed E-state index contributed by atoms with van der Waals surface area (Å²) < 4.78 is 100. The van der Waals surface area contributed by atoms with Crippen molar-refractivity contribution in [2.45, 2.75) is 0 Å². The Morgan fingerprint density at radius 3 is 0.905 bits per heavy atom. The normalized spacial score (nSPS) is 12.7. The molecule has 0 aliphatic rings. The molecule has 12 nitrogen and oxygen atoms in total. The van der Waals surface area contributed by atoms with Crippen molar-refractivity contribution >= 4 is 31.2 Å². The van der Waals surface area contributed by atoms with E-state index in [0.29, 0.717) is 18.2 Å². The smallest absolute Gasteiger partial charge is 0.362 e. The molecule has 1 aromatic rings. The lowest BCUT2D eigenvalue weighted by atomic mass is 10.3. The summed E-state index contributed by atoms with van der Waals surface area (Å²) in [5.74, 6) is -2.51. The zero-order chi connectivity index (χ0) is 16.5. The van der Waals surface area contributed by atoms with E-state index in [-0.39, 0.29) is 0 Å². The van der Waals surface area contributed by atoms with Crippen molar-refractivity contribution in [2.24, 2.45) is 0 Å². The Morgan fingerprint density at radius 2 is 0.762 bits per heavy atom. The Hall–Kier alpha value is -1.65. The predicted octanol–water partition coefficient (Wildman–Crippen LogP) is -0.769. The van der Waals surface area contributed by atoms with E-state index in [1.54, 1.807) is 0 Å². The molecule has 15 heteroatoms. The topological polar surface area (TPSA) is 191 Å². The van der Waals surface area contributed by atoms with E-state index in [0.717, 1.165) is 0 Å². The van der Waals surface area contributed by atoms with E-state index in [9.17, 15) is 25.3 Å². The number of hydrogen-bond acceptors (Lipinski definition) is 9. The summed E-state index contributed by atoms with van der Waals surface area (Å²) in [6, 6.07) is 1.66. The van der Waals surface area contributed by atoms with Gasteiger partial charge in [-0.1, -0.05) is 0 Å². The lowest BCUT2D eigenvalue weighted by Gasteiger charge is -2.08. The summed E-state index contributed by atoms with van der Waals surface area (Å²) in [7, 11) is -15.1. The van der Waals surface area contributed by atoms with Crippen LogP contribution in [-0.2, 0) is 31.2 Å². The molecule has 0 heterocycles. The number of rotatable bonds is 6. The van der Waals surface area contributed by atoms with Gasteiger partial charge in [-0.25, -0.2) is 0 Å². The van der Waals surface area contributed by atoms with Gasteiger partial charge < -0.3 is 12.5 Å². The lowest BCUT2D eigenvalue weighted by molar-refractivity contribution is 0.377. The molecule has 21 heavy (non-hydrogen) atoms. The second-order valence-corrected chi connectivity index (χ2v) is 6.24. The van der Waals surface area contributed by atoms with E-state index in [1.165, 1.54) is 0 Å². The quantitative estimate of drug-likeness (QED) is 0.533. The highest BCUT2D eigenvalue weighted by Gasteiger charge is 2.16. The first-order chi connectivity index (χ1) is 9.23. The fourth-order valence-electron chi connectivity index (χ4n) is 1.05. The van der Waals surface area contributed by atoms with Crippen molar-refractivity contribution in [2.75, 3.05) is 0 Å². The van der Waals surface area contributed by atoms with Crippen LogP contribution in [-0.4, -0.2) is 38.9 Å². The van der Waals surface area contributed by atoms with Crippen LogP contribution in [0.25, 0.3) is 0 Å². The van der Waals surface area contributed by atoms with Crippen LogP contribution >= 0.6 is 0 Å². The van der Waals surface area contributed by atoms with E-state index in [1.807, 2.05) is 0 Å². The highest BCUT2D eigenvalue weighted by atomic mass is 32.3. The average molecular weight is 366 g/mol. The van der Waals surface area contributed by atoms with Crippen molar-refractivity contribution in [3.8, 4) is 17.2 Å². The van der Waals surface area contributed by atoms with Gasteiger partial charge in [-0.15, -0.1) is 0 Å². The average Bonchev–Trinajstić information content (AvgIpc) is 2.06. The van der Waals surface area contributed by atoms with Crippen LogP contribution in [0.15, 0.2) is 18.2 Å². The first-order valence-electron chi connectivity index (χ1n) is 4.39. The molecule has 0 fully saturated rings. The Labute approximate surface area is 118 Å². The number of benzene rings is 1. The van der Waals surface area contributed by atoms with Gasteiger partial charge in [-0.2, -0.15) is 25.3 Å². The standard InChI is InChI=1S/C6H6O12S3/c7-19(8,9)16-4-1-5(17-20(10,11)12)3-6(2-4)18-21(13,14)15/h1-3H,(H,7,8,9)(H,10,11,12)(H,13,14,15). The third kappa shape index (κ3) is 7.63. The zero-order valence-corrected chi connectivity index (χ0v) is 11.9. The van der Waals surface area contributed by atoms with E-state index in [2.05, 4.69) is 12.5 Å². The van der Waals surface area contributed by atoms with E-state index < -0.39 is 48.4 Å². The van der Waals surface area contributed by atoms with Gasteiger partial charge in [-0.05, 0) is 0 Å². The fraction of sp³-hybridized carbons (Fsp3) is 0. The molecular weight excluding hydrogens is 360 g/mol. The van der Waals surface area contributed by atoms with Crippen molar-refractivity contribution in [1.82, 2.24) is 0 Å². The van der Waals surface area contributed by atoms with Gasteiger partial charge >= 0.3 is 31.2 Å². The number of hydrogen-bond donors (Lipinski definition) is 3. The zero-order valence-electron chi connectivity index (χ0n) is 9.47. The van der Waals surface area contributed by atoms with Gasteiger partial charge in [0.2, 0.25) is 0 Å².